The summed E-state index contributed by atoms with van der Waals surface area (Å²) in [4.78, 5) is 31.3. The van der Waals surface area contributed by atoms with Crippen molar-refractivity contribution >= 4 is 34.4 Å². The van der Waals surface area contributed by atoms with Crippen LogP contribution in [0, 0.1) is 0 Å². The zero-order valence-corrected chi connectivity index (χ0v) is 18.4. The highest BCUT2D eigenvalue weighted by Gasteiger charge is 2.30. The van der Waals surface area contributed by atoms with Gasteiger partial charge >= 0.3 is 6.18 Å². The van der Waals surface area contributed by atoms with Gasteiger partial charge in [-0.15, -0.1) is 11.3 Å². The van der Waals surface area contributed by atoms with Crippen LogP contribution in [-0.4, -0.2) is 21.7 Å². The Morgan fingerprint density at radius 1 is 1.15 bits per heavy atom. The number of hydrogen-bond donors (Lipinski definition) is 1. The number of nitrogens with one attached hydrogen (secondary N) is 1. The highest BCUT2D eigenvalue weighted by atomic mass is 32.1. The number of fused-ring (bicyclic) bond motifs is 1. The maximum atomic E-state index is 12.9. The number of anilines is 1. The van der Waals surface area contributed by atoms with Crippen LogP contribution in [-0.2, 0) is 22.2 Å². The van der Waals surface area contributed by atoms with E-state index in [-0.39, 0.29) is 24.7 Å². The Hall–Kier alpha value is -3.46. The van der Waals surface area contributed by atoms with E-state index >= 15 is 0 Å². The van der Waals surface area contributed by atoms with Gasteiger partial charge in [-0.25, -0.2) is 4.98 Å². The van der Waals surface area contributed by atoms with E-state index in [1.165, 1.54) is 29.2 Å². The first-order chi connectivity index (χ1) is 15.7. The highest BCUT2D eigenvalue weighted by Crippen LogP contribution is 2.34. The van der Waals surface area contributed by atoms with E-state index in [9.17, 15) is 22.8 Å². The van der Waals surface area contributed by atoms with E-state index < -0.39 is 17.8 Å². The van der Waals surface area contributed by atoms with Gasteiger partial charge in [0.25, 0.3) is 0 Å². The molecule has 2 amide bonds. The number of thiazole rings is 1. The number of halogens is 3. The molecule has 1 atom stereocenters. The number of amides is 2. The minimum absolute atomic E-state index is 0.0451. The lowest BCUT2D eigenvalue weighted by atomic mass is 9.93. The first-order valence-corrected chi connectivity index (χ1v) is 11.0. The molecule has 1 aliphatic heterocycles. The molecule has 0 saturated carbocycles. The summed E-state index contributed by atoms with van der Waals surface area (Å²) in [5.74, 6) is -0.479. The lowest BCUT2D eigenvalue weighted by molar-refractivity contribution is -0.137. The highest BCUT2D eigenvalue weighted by molar-refractivity contribution is 7.15. The number of aromatic nitrogens is 1. The first-order valence-electron chi connectivity index (χ1n) is 10.2. The number of hydrogen-bond acceptors (Lipinski definition) is 4. The van der Waals surface area contributed by atoms with Crippen LogP contribution in [0.5, 0.6) is 0 Å². The molecule has 1 N–H and O–H groups in total. The topological polar surface area (TPSA) is 62.3 Å². The van der Waals surface area contributed by atoms with E-state index in [1.54, 1.807) is 18.5 Å². The molecule has 0 bridgehead atoms. The molecule has 170 valence electrons. The van der Waals surface area contributed by atoms with Gasteiger partial charge in [-0.1, -0.05) is 42.5 Å². The van der Waals surface area contributed by atoms with Gasteiger partial charge < -0.3 is 10.2 Å². The van der Waals surface area contributed by atoms with Gasteiger partial charge in [0, 0.05) is 30.6 Å². The largest absolute Gasteiger partial charge is 0.416 e. The minimum Gasteiger partial charge on any atom is -0.311 e. The Bertz CT molecular complexity index is 1220. The third kappa shape index (κ3) is 5.31. The van der Waals surface area contributed by atoms with Crippen LogP contribution in [0.15, 0.2) is 60.9 Å². The zero-order chi connectivity index (χ0) is 23.6. The molecule has 0 fully saturated rings. The van der Waals surface area contributed by atoms with Gasteiger partial charge in [-0.05, 0) is 28.8 Å². The van der Waals surface area contributed by atoms with Gasteiger partial charge in [0.2, 0.25) is 11.8 Å². The molecule has 1 aromatic heterocycles. The van der Waals surface area contributed by atoms with Crippen LogP contribution in [0.1, 0.15) is 46.5 Å². The third-order valence-electron chi connectivity index (χ3n) is 5.28. The zero-order valence-electron chi connectivity index (χ0n) is 17.6. The van der Waals surface area contributed by atoms with Gasteiger partial charge in [0.05, 0.1) is 18.0 Å². The second kappa shape index (κ2) is 9.19. The number of carbonyl (C=O) groups excluding carboxylic acids is 2. The lowest BCUT2D eigenvalue weighted by Crippen LogP contribution is -2.33. The molecule has 2 aromatic carbocycles. The molecule has 5 nitrogen and oxygen atoms in total. The normalized spacial score (nSPS) is 15.3. The van der Waals surface area contributed by atoms with Gasteiger partial charge in [0.15, 0.2) is 5.13 Å². The average Bonchev–Trinajstić information content (AvgIpc) is 3.19. The summed E-state index contributed by atoms with van der Waals surface area (Å²) in [6, 6.07) is 12.3. The Morgan fingerprint density at radius 3 is 2.70 bits per heavy atom. The molecular weight excluding hydrogens is 451 g/mol. The first kappa shape index (κ1) is 22.7. The lowest BCUT2D eigenvalue weighted by Gasteiger charge is -2.32. The van der Waals surface area contributed by atoms with Gasteiger partial charge in [0.1, 0.15) is 0 Å². The molecule has 9 heteroatoms. The monoisotopic (exact) mass is 471 g/mol. The fraction of sp³-hybridized carbons (Fsp3) is 0.208. The molecule has 33 heavy (non-hydrogen) atoms. The summed E-state index contributed by atoms with van der Waals surface area (Å²) >= 11 is 1.21. The summed E-state index contributed by atoms with van der Waals surface area (Å²) in [5, 5.41) is 3.11. The van der Waals surface area contributed by atoms with Crippen LogP contribution in [0.4, 0.5) is 18.3 Å². The molecular formula is C24H20F3N3O2S. The standard InChI is InChI=1S/C24H20F3N3O2S/c1-15(31)30-10-9-17-6-2-3-8-20(17)21(30)13-22(32)29-23-28-14-19(33-23)12-16-5-4-7-18(11-16)24(25,26)27/h2-11,14,21H,12-13H2,1H3,(H,28,29,32). The molecule has 1 aliphatic rings. The minimum atomic E-state index is -4.40. The third-order valence-corrected chi connectivity index (χ3v) is 6.19. The Morgan fingerprint density at radius 2 is 1.94 bits per heavy atom. The van der Waals surface area contributed by atoms with Crippen molar-refractivity contribution in [2.45, 2.75) is 32.0 Å². The number of nitrogens with zero attached hydrogens (tertiary/aromatic N) is 2. The summed E-state index contributed by atoms with van der Waals surface area (Å²) < 4.78 is 38.8. The van der Waals surface area contributed by atoms with E-state index in [2.05, 4.69) is 10.3 Å². The van der Waals surface area contributed by atoms with Crippen LogP contribution in [0.3, 0.4) is 0 Å². The smallest absolute Gasteiger partial charge is 0.311 e. The second-order valence-corrected chi connectivity index (χ2v) is 8.76. The Kier molecular flexibility index (Phi) is 6.33. The summed E-state index contributed by atoms with van der Waals surface area (Å²) in [7, 11) is 0. The van der Waals surface area contributed by atoms with Crippen molar-refractivity contribution in [1.82, 2.24) is 9.88 Å². The number of alkyl halides is 3. The second-order valence-electron chi connectivity index (χ2n) is 7.65. The fourth-order valence-corrected chi connectivity index (χ4v) is 4.63. The molecule has 0 aliphatic carbocycles. The molecule has 0 spiro atoms. The number of carbonyl (C=O) groups is 2. The van der Waals surface area contributed by atoms with Crippen molar-refractivity contribution in [3.63, 3.8) is 0 Å². The molecule has 1 unspecified atom stereocenters. The Labute approximate surface area is 192 Å². The van der Waals surface area contributed by atoms with Crippen molar-refractivity contribution in [3.8, 4) is 0 Å². The van der Waals surface area contributed by atoms with Crippen molar-refractivity contribution < 1.29 is 22.8 Å². The van der Waals surface area contributed by atoms with Crippen molar-refractivity contribution in [3.05, 3.63) is 88.1 Å². The molecule has 4 rings (SSSR count). The summed E-state index contributed by atoms with van der Waals surface area (Å²) in [5.41, 5.74) is 1.64. The van der Waals surface area contributed by atoms with Crippen LogP contribution in [0.25, 0.3) is 6.08 Å². The predicted molar refractivity (Wildman–Crippen MR) is 120 cm³/mol. The summed E-state index contributed by atoms with van der Waals surface area (Å²) in [6.07, 6.45) is 0.982. The maximum absolute atomic E-state index is 12.9. The Balaban J connectivity index is 1.44. The van der Waals surface area contributed by atoms with Gasteiger partial charge in [-0.3, -0.25) is 9.59 Å². The van der Waals surface area contributed by atoms with Crippen LogP contribution in [0.2, 0.25) is 0 Å². The van der Waals surface area contributed by atoms with Crippen LogP contribution >= 0.6 is 11.3 Å². The van der Waals surface area contributed by atoms with Crippen molar-refractivity contribution in [2.75, 3.05) is 5.32 Å². The maximum Gasteiger partial charge on any atom is 0.416 e. The van der Waals surface area contributed by atoms with Crippen molar-refractivity contribution in [1.29, 1.82) is 0 Å². The fourth-order valence-electron chi connectivity index (χ4n) is 3.76. The van der Waals surface area contributed by atoms with Crippen LogP contribution < -0.4 is 5.32 Å². The van der Waals surface area contributed by atoms with E-state index in [0.29, 0.717) is 10.7 Å². The molecule has 3 aromatic rings. The average molecular weight is 472 g/mol. The van der Waals surface area contributed by atoms with E-state index in [1.807, 2.05) is 30.3 Å². The predicted octanol–water partition coefficient (Wildman–Crippen LogP) is 5.66. The molecule has 2 heterocycles. The molecule has 0 radical (unpaired) electrons. The molecule has 0 saturated heterocycles. The quantitative estimate of drug-likeness (QED) is 0.523. The van der Waals surface area contributed by atoms with E-state index in [4.69, 9.17) is 0 Å². The SMILES string of the molecule is CC(=O)N1C=Cc2ccccc2C1CC(=O)Nc1ncc(Cc2cccc(C(F)(F)F)c2)s1. The summed E-state index contributed by atoms with van der Waals surface area (Å²) in [6.45, 7) is 1.45. The van der Waals surface area contributed by atoms with E-state index in [0.717, 1.165) is 28.1 Å². The van der Waals surface area contributed by atoms with Gasteiger partial charge in [-0.2, -0.15) is 13.2 Å². The number of rotatable bonds is 5. The number of benzene rings is 2. The van der Waals surface area contributed by atoms with Crippen molar-refractivity contribution in [2.24, 2.45) is 0 Å².